The summed E-state index contributed by atoms with van der Waals surface area (Å²) in [6.07, 6.45) is 4.74. The number of fused-ring (bicyclic) bond motifs is 1. The van der Waals surface area contributed by atoms with Crippen LogP contribution in [0.15, 0.2) is 35.6 Å². The highest BCUT2D eigenvalue weighted by Gasteiger charge is 2.31. The molecule has 3 aromatic heterocycles. The summed E-state index contributed by atoms with van der Waals surface area (Å²) in [6.45, 7) is 1.63. The lowest BCUT2D eigenvalue weighted by Crippen LogP contribution is -2.28. The van der Waals surface area contributed by atoms with Crippen LogP contribution in [0.25, 0.3) is 22.3 Å². The first-order valence-corrected chi connectivity index (χ1v) is 10.9. The highest BCUT2D eigenvalue weighted by atomic mass is 16.2. The van der Waals surface area contributed by atoms with E-state index < -0.39 is 0 Å². The van der Waals surface area contributed by atoms with Crippen LogP contribution in [0.4, 0.5) is 11.6 Å². The Hall–Kier alpha value is -4.30. The maximum absolute atomic E-state index is 13.6. The van der Waals surface area contributed by atoms with E-state index in [1.807, 2.05) is 6.92 Å². The minimum absolute atomic E-state index is 0.0786. The molecule has 0 radical (unpaired) electrons. The number of nitrogens with zero attached hydrogens (tertiary/aromatic N) is 7. The fourth-order valence-corrected chi connectivity index (χ4v) is 3.94. The van der Waals surface area contributed by atoms with E-state index in [0.29, 0.717) is 39.5 Å². The van der Waals surface area contributed by atoms with Crippen LogP contribution in [0.1, 0.15) is 43.2 Å². The van der Waals surface area contributed by atoms with Crippen LogP contribution < -0.4 is 16.6 Å². The van der Waals surface area contributed by atoms with Crippen LogP contribution in [0.5, 0.6) is 0 Å². The Morgan fingerprint density at radius 2 is 2.12 bits per heavy atom. The molecule has 0 aliphatic heterocycles. The minimum atomic E-state index is -0.387. The fourth-order valence-electron chi connectivity index (χ4n) is 3.94. The van der Waals surface area contributed by atoms with Crippen molar-refractivity contribution < 1.29 is 5.11 Å². The van der Waals surface area contributed by atoms with Gasteiger partial charge in [-0.1, -0.05) is 17.9 Å². The number of nitrogens with two attached hydrogens (primary N) is 1. The summed E-state index contributed by atoms with van der Waals surface area (Å²) in [7, 11) is 1.76. The second kappa shape index (κ2) is 8.57. The van der Waals surface area contributed by atoms with Gasteiger partial charge in [0.25, 0.3) is 5.56 Å². The van der Waals surface area contributed by atoms with Gasteiger partial charge in [-0.15, -0.1) is 0 Å². The Morgan fingerprint density at radius 1 is 1.29 bits per heavy atom. The van der Waals surface area contributed by atoms with E-state index in [1.54, 1.807) is 40.8 Å². The van der Waals surface area contributed by atoms with E-state index in [2.05, 4.69) is 37.2 Å². The number of benzene rings is 1. The lowest BCUT2D eigenvalue weighted by molar-refractivity contribution is 0.350. The number of aromatic nitrogens is 7. The standard InChI is InChI=1S/C23H23N9O2/c1-13(28-20-18(19(24)25-11-26-20)21-27-12-31(2)30-21)22-29-16-7-3-5-14(6-4-10-33)17(16)23(34)32(22)15-8-9-15/h3,5,7,11-13,15,33H,8-10H2,1-2H3,(H3,24,25,26,28)/t13-/m0/s1. The van der Waals surface area contributed by atoms with E-state index in [1.165, 1.54) is 6.33 Å². The van der Waals surface area contributed by atoms with Crippen molar-refractivity contribution in [1.82, 2.24) is 34.3 Å². The number of aliphatic hydroxyl groups excluding tert-OH is 1. The van der Waals surface area contributed by atoms with Crippen molar-refractivity contribution in [2.45, 2.75) is 31.8 Å². The van der Waals surface area contributed by atoms with Crippen LogP contribution in [-0.2, 0) is 7.05 Å². The van der Waals surface area contributed by atoms with Gasteiger partial charge in [0, 0.05) is 18.7 Å². The van der Waals surface area contributed by atoms with Gasteiger partial charge in [0.1, 0.15) is 42.3 Å². The molecule has 4 N–H and O–H groups in total. The number of hydrogen-bond acceptors (Lipinski definition) is 9. The Morgan fingerprint density at radius 3 is 2.82 bits per heavy atom. The zero-order valence-corrected chi connectivity index (χ0v) is 18.7. The maximum Gasteiger partial charge on any atom is 0.262 e. The number of rotatable bonds is 5. The average molecular weight is 457 g/mol. The van der Waals surface area contributed by atoms with Gasteiger partial charge in [-0.3, -0.25) is 14.0 Å². The lowest BCUT2D eigenvalue weighted by Gasteiger charge is -2.21. The molecule has 3 heterocycles. The largest absolute Gasteiger partial charge is 0.384 e. The van der Waals surface area contributed by atoms with E-state index in [4.69, 9.17) is 15.8 Å². The molecule has 0 saturated heterocycles. The van der Waals surface area contributed by atoms with Gasteiger partial charge in [-0.2, -0.15) is 5.10 Å². The molecule has 4 aromatic rings. The highest BCUT2D eigenvalue weighted by molar-refractivity contribution is 5.84. The Balaban J connectivity index is 1.62. The number of nitrogens with one attached hydrogen (secondary N) is 1. The first kappa shape index (κ1) is 21.5. The number of aliphatic hydroxyl groups is 1. The summed E-state index contributed by atoms with van der Waals surface area (Å²) in [5.74, 6) is 7.17. The molecule has 34 heavy (non-hydrogen) atoms. The number of hydrogen-bond donors (Lipinski definition) is 3. The van der Waals surface area contributed by atoms with Crippen molar-refractivity contribution in [2.24, 2.45) is 7.05 Å². The lowest BCUT2D eigenvalue weighted by atomic mass is 10.1. The van der Waals surface area contributed by atoms with Gasteiger partial charge < -0.3 is 16.2 Å². The van der Waals surface area contributed by atoms with Crippen molar-refractivity contribution in [3.63, 3.8) is 0 Å². The molecule has 0 amide bonds. The van der Waals surface area contributed by atoms with E-state index >= 15 is 0 Å². The molecule has 0 spiro atoms. The summed E-state index contributed by atoms with van der Waals surface area (Å²) in [5, 5.41) is 17.2. The average Bonchev–Trinajstić information content (AvgIpc) is 3.57. The predicted molar refractivity (Wildman–Crippen MR) is 127 cm³/mol. The zero-order chi connectivity index (χ0) is 23.8. The molecule has 1 fully saturated rings. The molecular formula is C23H23N9O2. The van der Waals surface area contributed by atoms with E-state index in [-0.39, 0.29) is 30.1 Å². The number of aryl methyl sites for hydroxylation is 1. The molecule has 11 nitrogen and oxygen atoms in total. The van der Waals surface area contributed by atoms with E-state index in [9.17, 15) is 4.79 Å². The summed E-state index contributed by atoms with van der Waals surface area (Å²) in [6, 6.07) is 5.05. The normalized spacial score (nSPS) is 14.0. The van der Waals surface area contributed by atoms with Gasteiger partial charge in [-0.05, 0) is 31.9 Å². The van der Waals surface area contributed by atoms with Crippen LogP contribution in [0, 0.1) is 11.8 Å². The summed E-state index contributed by atoms with van der Waals surface area (Å²) in [4.78, 5) is 31.2. The zero-order valence-electron chi connectivity index (χ0n) is 18.7. The molecular weight excluding hydrogens is 434 g/mol. The second-order valence-electron chi connectivity index (χ2n) is 8.13. The van der Waals surface area contributed by atoms with Crippen molar-refractivity contribution in [1.29, 1.82) is 0 Å². The third-order valence-corrected chi connectivity index (χ3v) is 5.61. The third-order valence-electron chi connectivity index (χ3n) is 5.61. The van der Waals surface area contributed by atoms with Crippen LogP contribution in [0.3, 0.4) is 0 Å². The third kappa shape index (κ3) is 3.84. The fraction of sp³-hybridized carbons (Fsp3) is 0.304. The van der Waals surface area contributed by atoms with Crippen LogP contribution in [-0.4, -0.2) is 46.0 Å². The van der Waals surface area contributed by atoms with Crippen LogP contribution in [0.2, 0.25) is 0 Å². The molecule has 0 unspecified atom stereocenters. The molecule has 11 heteroatoms. The molecule has 5 rings (SSSR count). The van der Waals surface area contributed by atoms with E-state index in [0.717, 1.165) is 12.8 Å². The molecule has 172 valence electrons. The van der Waals surface area contributed by atoms with Crippen molar-refractivity contribution >= 4 is 22.5 Å². The molecule has 1 saturated carbocycles. The summed E-state index contributed by atoms with van der Waals surface area (Å²) < 4.78 is 3.31. The number of anilines is 2. The monoisotopic (exact) mass is 457 g/mol. The molecule has 1 atom stereocenters. The highest BCUT2D eigenvalue weighted by Crippen LogP contribution is 2.37. The SMILES string of the molecule is C[C@H](Nc1ncnc(N)c1-c1ncn(C)n1)c1nc2cccc(C#CCO)c2c(=O)n1C1CC1. The number of nitrogen functional groups attached to an aromatic ring is 1. The molecule has 1 aliphatic carbocycles. The quantitative estimate of drug-likeness (QED) is 0.378. The predicted octanol–water partition coefficient (Wildman–Crippen LogP) is 1.42. The van der Waals surface area contributed by atoms with Gasteiger partial charge in [0.15, 0.2) is 5.82 Å². The van der Waals surface area contributed by atoms with Crippen LogP contribution >= 0.6 is 0 Å². The molecule has 1 aromatic carbocycles. The van der Waals surface area contributed by atoms with Crippen molar-refractivity contribution in [2.75, 3.05) is 17.7 Å². The van der Waals surface area contributed by atoms with Gasteiger partial charge in [-0.25, -0.2) is 19.9 Å². The van der Waals surface area contributed by atoms with Gasteiger partial charge >= 0.3 is 0 Å². The topological polar surface area (TPSA) is 150 Å². The maximum atomic E-state index is 13.6. The summed E-state index contributed by atoms with van der Waals surface area (Å²) >= 11 is 0. The minimum Gasteiger partial charge on any atom is -0.384 e. The molecule has 0 bridgehead atoms. The van der Waals surface area contributed by atoms with Crippen molar-refractivity contribution in [3.8, 4) is 23.2 Å². The van der Waals surface area contributed by atoms with Gasteiger partial charge in [0.2, 0.25) is 0 Å². The van der Waals surface area contributed by atoms with Crippen molar-refractivity contribution in [3.05, 3.63) is 52.6 Å². The first-order chi connectivity index (χ1) is 16.5. The first-order valence-electron chi connectivity index (χ1n) is 10.9. The second-order valence-corrected chi connectivity index (χ2v) is 8.13. The summed E-state index contributed by atoms with van der Waals surface area (Å²) in [5.41, 5.74) is 7.58. The van der Waals surface area contributed by atoms with Gasteiger partial charge in [0.05, 0.1) is 16.9 Å². The molecule has 1 aliphatic rings. The Labute approximate surface area is 194 Å². The smallest absolute Gasteiger partial charge is 0.262 e. The Kier molecular flexibility index (Phi) is 5.43. The Bertz CT molecular complexity index is 1510.